The van der Waals surface area contributed by atoms with E-state index in [1.165, 1.54) is 4.90 Å². The summed E-state index contributed by atoms with van der Waals surface area (Å²) in [5.74, 6) is -0.851. The maximum atomic E-state index is 12.2. The molecule has 128 valence electrons. The third kappa shape index (κ3) is 3.49. The molecule has 0 saturated carbocycles. The standard InChI is InChI=1S/C18H16ClN3O3/c19-14-8-7-11(10-15(14)20)21-16(23)6-3-9-22-17(24)12-4-1-2-5-13(12)18(22)25/h1-2,4-5,7-8,10H,3,6,9,20H2,(H,21,23). The van der Waals surface area contributed by atoms with Crippen LogP contribution >= 0.6 is 11.6 Å². The maximum Gasteiger partial charge on any atom is 0.261 e. The molecule has 0 aromatic heterocycles. The third-order valence-corrected chi connectivity index (χ3v) is 4.29. The van der Waals surface area contributed by atoms with Gasteiger partial charge in [0.25, 0.3) is 11.8 Å². The van der Waals surface area contributed by atoms with Crippen LogP contribution in [0.5, 0.6) is 0 Å². The molecule has 1 aliphatic heterocycles. The Morgan fingerprint density at radius 1 is 1.08 bits per heavy atom. The minimum absolute atomic E-state index is 0.177. The van der Waals surface area contributed by atoms with Gasteiger partial charge >= 0.3 is 0 Å². The summed E-state index contributed by atoms with van der Waals surface area (Å²) in [6.45, 7) is 0.197. The van der Waals surface area contributed by atoms with Crippen molar-refractivity contribution in [3.63, 3.8) is 0 Å². The van der Waals surface area contributed by atoms with Crippen molar-refractivity contribution in [2.75, 3.05) is 17.6 Å². The average molecular weight is 358 g/mol. The van der Waals surface area contributed by atoms with Crippen LogP contribution in [0.4, 0.5) is 11.4 Å². The summed E-state index contributed by atoms with van der Waals surface area (Å²) in [4.78, 5) is 37.6. The molecule has 0 unspecified atom stereocenters. The number of nitrogens with two attached hydrogens (primary N) is 1. The molecular weight excluding hydrogens is 342 g/mol. The van der Waals surface area contributed by atoms with E-state index >= 15 is 0 Å². The molecule has 6 nitrogen and oxygen atoms in total. The monoisotopic (exact) mass is 357 g/mol. The Labute approximate surface area is 149 Å². The molecular formula is C18H16ClN3O3. The van der Waals surface area contributed by atoms with Gasteiger partial charge in [-0.3, -0.25) is 19.3 Å². The largest absolute Gasteiger partial charge is 0.397 e. The van der Waals surface area contributed by atoms with Gasteiger partial charge in [-0.2, -0.15) is 0 Å². The summed E-state index contributed by atoms with van der Waals surface area (Å²) in [5, 5.41) is 3.13. The first-order valence-corrected chi connectivity index (χ1v) is 8.15. The Bertz CT molecular complexity index is 831. The molecule has 3 N–H and O–H groups in total. The summed E-state index contributed by atoms with van der Waals surface area (Å²) in [6.07, 6.45) is 0.552. The van der Waals surface area contributed by atoms with Gasteiger partial charge in [-0.25, -0.2) is 0 Å². The molecule has 0 radical (unpaired) electrons. The highest BCUT2D eigenvalue weighted by molar-refractivity contribution is 6.33. The first-order valence-electron chi connectivity index (χ1n) is 7.77. The Balaban J connectivity index is 1.53. The fraction of sp³-hybridized carbons (Fsp3) is 0.167. The van der Waals surface area contributed by atoms with E-state index < -0.39 is 0 Å². The summed E-state index contributed by atoms with van der Waals surface area (Å²) in [6, 6.07) is 11.5. The number of halogens is 1. The molecule has 1 aliphatic rings. The maximum absolute atomic E-state index is 12.2. The predicted octanol–water partition coefficient (Wildman–Crippen LogP) is 2.94. The molecule has 7 heteroatoms. The highest BCUT2D eigenvalue weighted by atomic mass is 35.5. The lowest BCUT2D eigenvalue weighted by Gasteiger charge is -2.13. The summed E-state index contributed by atoms with van der Waals surface area (Å²) < 4.78 is 0. The van der Waals surface area contributed by atoms with E-state index in [9.17, 15) is 14.4 Å². The van der Waals surface area contributed by atoms with E-state index in [0.29, 0.717) is 33.9 Å². The van der Waals surface area contributed by atoms with Gasteiger partial charge in [-0.05, 0) is 36.8 Å². The van der Waals surface area contributed by atoms with E-state index in [1.54, 1.807) is 42.5 Å². The lowest BCUT2D eigenvalue weighted by Crippen LogP contribution is -2.31. The average Bonchev–Trinajstić information content (AvgIpc) is 2.83. The normalized spacial score (nSPS) is 13.1. The number of anilines is 2. The quantitative estimate of drug-likeness (QED) is 0.635. The molecule has 0 atom stereocenters. The Morgan fingerprint density at radius 2 is 1.72 bits per heavy atom. The molecule has 2 aromatic rings. The van der Waals surface area contributed by atoms with Crippen LogP contribution in [0.15, 0.2) is 42.5 Å². The number of imide groups is 1. The number of amides is 3. The van der Waals surface area contributed by atoms with Crippen LogP contribution in [0, 0.1) is 0 Å². The molecule has 1 heterocycles. The van der Waals surface area contributed by atoms with E-state index in [0.717, 1.165) is 0 Å². The van der Waals surface area contributed by atoms with Crippen LogP contribution in [-0.2, 0) is 4.79 Å². The van der Waals surface area contributed by atoms with Crippen molar-refractivity contribution in [1.82, 2.24) is 4.90 Å². The first-order chi connectivity index (χ1) is 12.0. The van der Waals surface area contributed by atoms with E-state index in [1.807, 2.05) is 0 Å². The van der Waals surface area contributed by atoms with Crippen LogP contribution in [0.1, 0.15) is 33.6 Å². The molecule has 3 amide bonds. The number of hydrogen-bond acceptors (Lipinski definition) is 4. The second-order valence-corrected chi connectivity index (χ2v) is 6.10. The fourth-order valence-corrected chi connectivity index (χ4v) is 2.80. The molecule has 0 bridgehead atoms. The smallest absolute Gasteiger partial charge is 0.261 e. The van der Waals surface area contributed by atoms with Gasteiger partial charge in [0, 0.05) is 18.7 Å². The zero-order valence-corrected chi connectivity index (χ0v) is 14.0. The summed E-state index contributed by atoms with van der Waals surface area (Å²) in [7, 11) is 0. The lowest BCUT2D eigenvalue weighted by atomic mass is 10.1. The van der Waals surface area contributed by atoms with Crippen molar-refractivity contribution < 1.29 is 14.4 Å². The zero-order chi connectivity index (χ0) is 18.0. The second kappa shape index (κ2) is 6.94. The Hall–Kier alpha value is -2.86. The number of hydrogen-bond donors (Lipinski definition) is 2. The van der Waals surface area contributed by atoms with Crippen molar-refractivity contribution in [3.05, 3.63) is 58.6 Å². The minimum Gasteiger partial charge on any atom is -0.397 e. The van der Waals surface area contributed by atoms with Gasteiger partial charge in [-0.15, -0.1) is 0 Å². The van der Waals surface area contributed by atoms with E-state index in [4.69, 9.17) is 17.3 Å². The zero-order valence-electron chi connectivity index (χ0n) is 13.3. The van der Waals surface area contributed by atoms with Crippen LogP contribution in [-0.4, -0.2) is 29.2 Å². The molecule has 0 spiro atoms. The highest BCUT2D eigenvalue weighted by Gasteiger charge is 2.34. The number of nitrogen functional groups attached to an aromatic ring is 1. The first kappa shape index (κ1) is 17.0. The second-order valence-electron chi connectivity index (χ2n) is 5.70. The number of nitrogens with zero attached hydrogens (tertiary/aromatic N) is 1. The van der Waals surface area contributed by atoms with Gasteiger partial charge in [0.05, 0.1) is 21.8 Å². The number of fused-ring (bicyclic) bond motifs is 1. The molecule has 0 fully saturated rings. The number of rotatable bonds is 5. The molecule has 0 saturated heterocycles. The Morgan fingerprint density at radius 3 is 2.32 bits per heavy atom. The minimum atomic E-state index is -0.313. The highest BCUT2D eigenvalue weighted by Crippen LogP contribution is 2.24. The van der Waals surface area contributed by atoms with Gasteiger partial charge < -0.3 is 11.1 Å². The van der Waals surface area contributed by atoms with Crippen molar-refractivity contribution in [3.8, 4) is 0 Å². The van der Waals surface area contributed by atoms with Crippen LogP contribution in [0.3, 0.4) is 0 Å². The third-order valence-electron chi connectivity index (χ3n) is 3.94. The van der Waals surface area contributed by atoms with Crippen LogP contribution in [0.2, 0.25) is 5.02 Å². The number of benzene rings is 2. The topological polar surface area (TPSA) is 92.5 Å². The van der Waals surface area contributed by atoms with Crippen LogP contribution < -0.4 is 11.1 Å². The van der Waals surface area contributed by atoms with Gasteiger partial charge in [0.15, 0.2) is 0 Å². The van der Waals surface area contributed by atoms with Crippen molar-refractivity contribution >= 4 is 40.7 Å². The van der Waals surface area contributed by atoms with Crippen molar-refractivity contribution in [2.24, 2.45) is 0 Å². The number of carbonyl (C=O) groups is 3. The lowest BCUT2D eigenvalue weighted by molar-refractivity contribution is -0.116. The number of nitrogens with one attached hydrogen (secondary N) is 1. The molecule has 2 aromatic carbocycles. The summed E-state index contributed by atoms with van der Waals surface area (Å²) in [5.41, 5.74) is 7.44. The number of carbonyl (C=O) groups excluding carboxylic acids is 3. The Kier molecular flexibility index (Phi) is 4.72. The molecule has 3 rings (SSSR count). The van der Waals surface area contributed by atoms with Gasteiger partial charge in [-0.1, -0.05) is 23.7 Å². The summed E-state index contributed by atoms with van der Waals surface area (Å²) >= 11 is 5.83. The van der Waals surface area contributed by atoms with E-state index in [2.05, 4.69) is 5.32 Å². The van der Waals surface area contributed by atoms with E-state index in [-0.39, 0.29) is 30.7 Å². The fourth-order valence-electron chi connectivity index (χ4n) is 2.68. The molecule has 0 aliphatic carbocycles. The predicted molar refractivity (Wildman–Crippen MR) is 95.5 cm³/mol. The van der Waals surface area contributed by atoms with Crippen LogP contribution in [0.25, 0.3) is 0 Å². The van der Waals surface area contributed by atoms with Crippen molar-refractivity contribution in [1.29, 1.82) is 0 Å². The van der Waals surface area contributed by atoms with Gasteiger partial charge in [0.1, 0.15) is 0 Å². The molecule has 25 heavy (non-hydrogen) atoms. The van der Waals surface area contributed by atoms with Gasteiger partial charge in [0.2, 0.25) is 5.91 Å². The van der Waals surface area contributed by atoms with Crippen molar-refractivity contribution in [2.45, 2.75) is 12.8 Å². The SMILES string of the molecule is Nc1cc(NC(=O)CCCN2C(=O)c3ccccc3C2=O)ccc1Cl.